The van der Waals surface area contributed by atoms with Crippen LogP contribution in [0.4, 0.5) is 17.3 Å². The Labute approximate surface area is 207 Å². The number of nitrogens with one attached hydrogen (secondary N) is 2. The van der Waals surface area contributed by atoms with Crippen molar-refractivity contribution in [3.05, 3.63) is 48.4 Å². The van der Waals surface area contributed by atoms with E-state index in [1.54, 1.807) is 6.33 Å². The number of fused-ring (bicyclic) bond motifs is 1. The van der Waals surface area contributed by atoms with Crippen molar-refractivity contribution < 1.29 is 0 Å². The van der Waals surface area contributed by atoms with Crippen molar-refractivity contribution in [1.29, 1.82) is 5.26 Å². The molecule has 2 fully saturated rings. The number of aromatic nitrogens is 3. The SMILES string of the molecule is CC(C)CNc1cc2c(NC3CCN(CC4CN(c5ccc(C#N)cc5)C4)CC3)ncnc2cn1. The van der Waals surface area contributed by atoms with E-state index in [0.29, 0.717) is 17.9 Å². The van der Waals surface area contributed by atoms with Crippen LogP contribution in [-0.4, -0.2) is 65.2 Å². The number of anilines is 3. The Morgan fingerprint density at radius 2 is 1.86 bits per heavy atom. The lowest BCUT2D eigenvalue weighted by atomic mass is 9.96. The summed E-state index contributed by atoms with van der Waals surface area (Å²) >= 11 is 0. The predicted octanol–water partition coefficient (Wildman–Crippen LogP) is 3.98. The summed E-state index contributed by atoms with van der Waals surface area (Å²) < 4.78 is 0. The summed E-state index contributed by atoms with van der Waals surface area (Å²) in [7, 11) is 0. The van der Waals surface area contributed by atoms with Gasteiger partial charge in [-0.15, -0.1) is 0 Å². The molecule has 0 amide bonds. The molecule has 35 heavy (non-hydrogen) atoms. The highest BCUT2D eigenvalue weighted by Crippen LogP contribution is 2.27. The lowest BCUT2D eigenvalue weighted by molar-refractivity contribution is 0.174. The van der Waals surface area contributed by atoms with Crippen LogP contribution < -0.4 is 15.5 Å². The minimum Gasteiger partial charge on any atom is -0.371 e. The van der Waals surface area contributed by atoms with Gasteiger partial charge in [0.15, 0.2) is 0 Å². The van der Waals surface area contributed by atoms with Gasteiger partial charge in [-0.3, -0.25) is 0 Å². The van der Waals surface area contributed by atoms with E-state index in [1.807, 2.05) is 18.3 Å². The van der Waals surface area contributed by atoms with Crippen LogP contribution in [0.2, 0.25) is 0 Å². The molecule has 182 valence electrons. The van der Waals surface area contributed by atoms with Crippen molar-refractivity contribution in [3.8, 4) is 6.07 Å². The molecule has 0 atom stereocenters. The van der Waals surface area contributed by atoms with E-state index in [0.717, 1.165) is 80.2 Å². The Hall–Kier alpha value is -3.44. The molecule has 2 aliphatic rings. The molecule has 2 aromatic heterocycles. The molecule has 0 spiro atoms. The van der Waals surface area contributed by atoms with Crippen LogP contribution in [0.25, 0.3) is 10.9 Å². The van der Waals surface area contributed by atoms with Crippen molar-refractivity contribution in [2.75, 3.05) is 54.8 Å². The van der Waals surface area contributed by atoms with E-state index in [2.05, 4.69) is 73.5 Å². The van der Waals surface area contributed by atoms with Gasteiger partial charge in [0.2, 0.25) is 0 Å². The van der Waals surface area contributed by atoms with Crippen LogP contribution in [0.3, 0.4) is 0 Å². The van der Waals surface area contributed by atoms with Gasteiger partial charge in [-0.05, 0) is 49.1 Å². The summed E-state index contributed by atoms with van der Waals surface area (Å²) in [6.07, 6.45) is 5.67. The van der Waals surface area contributed by atoms with Crippen molar-refractivity contribution in [2.24, 2.45) is 11.8 Å². The van der Waals surface area contributed by atoms with Crippen LogP contribution >= 0.6 is 0 Å². The zero-order valence-electron chi connectivity index (χ0n) is 20.6. The van der Waals surface area contributed by atoms with Gasteiger partial charge in [0.1, 0.15) is 18.0 Å². The maximum atomic E-state index is 8.97. The van der Waals surface area contributed by atoms with E-state index in [9.17, 15) is 0 Å². The average molecular weight is 471 g/mol. The molecule has 0 aliphatic carbocycles. The van der Waals surface area contributed by atoms with E-state index in [-0.39, 0.29) is 0 Å². The molecule has 3 aromatic rings. The van der Waals surface area contributed by atoms with Crippen molar-refractivity contribution >= 4 is 28.2 Å². The van der Waals surface area contributed by atoms with Crippen LogP contribution in [0.1, 0.15) is 32.3 Å². The van der Waals surface area contributed by atoms with Gasteiger partial charge in [0, 0.05) is 62.3 Å². The molecule has 8 nitrogen and oxygen atoms in total. The molecule has 4 heterocycles. The van der Waals surface area contributed by atoms with Crippen LogP contribution in [-0.2, 0) is 0 Å². The second-order valence-corrected chi connectivity index (χ2v) is 10.2. The summed E-state index contributed by atoms with van der Waals surface area (Å²) in [5.74, 6) is 3.04. The summed E-state index contributed by atoms with van der Waals surface area (Å²) in [6, 6.07) is 12.6. The summed E-state index contributed by atoms with van der Waals surface area (Å²) in [5, 5.41) is 17.1. The molecule has 0 bridgehead atoms. The largest absolute Gasteiger partial charge is 0.371 e. The fourth-order valence-corrected chi connectivity index (χ4v) is 4.94. The highest BCUT2D eigenvalue weighted by Gasteiger charge is 2.30. The number of nitriles is 1. The van der Waals surface area contributed by atoms with E-state index in [1.165, 1.54) is 5.69 Å². The van der Waals surface area contributed by atoms with Gasteiger partial charge in [-0.1, -0.05) is 13.8 Å². The monoisotopic (exact) mass is 470 g/mol. The fraction of sp³-hybridized carbons (Fsp3) is 0.481. The number of pyridine rings is 1. The molecule has 5 rings (SSSR count). The molecule has 8 heteroatoms. The lowest BCUT2D eigenvalue weighted by Gasteiger charge is -2.44. The second-order valence-electron chi connectivity index (χ2n) is 10.2. The van der Waals surface area contributed by atoms with Crippen LogP contribution in [0.15, 0.2) is 42.9 Å². The summed E-state index contributed by atoms with van der Waals surface area (Å²) in [5.41, 5.74) is 2.81. The lowest BCUT2D eigenvalue weighted by Crippen LogP contribution is -2.53. The maximum Gasteiger partial charge on any atom is 0.137 e. The number of hydrogen-bond acceptors (Lipinski definition) is 8. The first kappa shape index (κ1) is 23.3. The van der Waals surface area contributed by atoms with Gasteiger partial charge in [-0.25, -0.2) is 15.0 Å². The van der Waals surface area contributed by atoms with Crippen LogP contribution in [0.5, 0.6) is 0 Å². The Kier molecular flexibility index (Phi) is 6.96. The van der Waals surface area contributed by atoms with E-state index < -0.39 is 0 Å². The number of piperidine rings is 1. The predicted molar refractivity (Wildman–Crippen MR) is 141 cm³/mol. The molecule has 0 unspecified atom stereocenters. The molecule has 1 aromatic carbocycles. The highest BCUT2D eigenvalue weighted by atomic mass is 15.2. The quantitative estimate of drug-likeness (QED) is 0.511. The van der Waals surface area contributed by atoms with Gasteiger partial charge in [0.05, 0.1) is 23.3 Å². The first-order chi connectivity index (χ1) is 17.1. The number of rotatable bonds is 8. The van der Waals surface area contributed by atoms with Gasteiger partial charge in [0.25, 0.3) is 0 Å². The normalized spacial score (nSPS) is 17.4. The molecule has 0 saturated carbocycles. The van der Waals surface area contributed by atoms with Gasteiger partial charge < -0.3 is 20.4 Å². The van der Waals surface area contributed by atoms with Crippen LogP contribution in [0, 0.1) is 23.2 Å². The maximum absolute atomic E-state index is 8.97. The average Bonchev–Trinajstić information content (AvgIpc) is 2.86. The molecular formula is C27H34N8. The third-order valence-electron chi connectivity index (χ3n) is 6.98. The molecular weight excluding hydrogens is 436 g/mol. The zero-order chi connectivity index (χ0) is 24.2. The topological polar surface area (TPSA) is 93.0 Å². The smallest absolute Gasteiger partial charge is 0.137 e. The summed E-state index contributed by atoms with van der Waals surface area (Å²) in [6.45, 7) is 10.8. The third kappa shape index (κ3) is 5.63. The third-order valence-corrected chi connectivity index (χ3v) is 6.98. The van der Waals surface area contributed by atoms with E-state index in [4.69, 9.17) is 5.26 Å². The number of hydrogen-bond donors (Lipinski definition) is 2. The number of nitrogens with zero attached hydrogens (tertiary/aromatic N) is 6. The standard InChI is InChI=1S/C27H34N8/c1-19(2)13-29-26-11-24-25(14-30-26)31-18-32-27(24)33-22-7-9-34(10-8-22)15-21-16-35(17-21)23-5-3-20(12-28)4-6-23/h3-6,11,14,18-19,21-22H,7-10,13,15-17H2,1-2H3,(H,29,30)(H,31,32,33). The van der Waals surface area contributed by atoms with Gasteiger partial charge in [-0.2, -0.15) is 5.26 Å². The van der Waals surface area contributed by atoms with Crippen molar-refractivity contribution in [1.82, 2.24) is 19.9 Å². The van der Waals surface area contributed by atoms with Crippen molar-refractivity contribution in [2.45, 2.75) is 32.7 Å². The van der Waals surface area contributed by atoms with E-state index >= 15 is 0 Å². The molecule has 0 radical (unpaired) electrons. The fourth-order valence-electron chi connectivity index (χ4n) is 4.94. The van der Waals surface area contributed by atoms with Crippen molar-refractivity contribution in [3.63, 3.8) is 0 Å². The first-order valence-corrected chi connectivity index (χ1v) is 12.7. The van der Waals surface area contributed by atoms with Gasteiger partial charge >= 0.3 is 0 Å². The number of benzene rings is 1. The Morgan fingerprint density at radius 3 is 2.57 bits per heavy atom. The Bertz CT molecular complexity index is 1170. The molecule has 2 saturated heterocycles. The first-order valence-electron chi connectivity index (χ1n) is 12.7. The second kappa shape index (κ2) is 10.4. The minimum absolute atomic E-state index is 0.418. The minimum atomic E-state index is 0.418. The zero-order valence-corrected chi connectivity index (χ0v) is 20.6. The highest BCUT2D eigenvalue weighted by molar-refractivity contribution is 5.90. The number of likely N-dealkylation sites (tertiary alicyclic amines) is 1. The molecule has 2 N–H and O–H groups in total. The molecule has 2 aliphatic heterocycles. The summed E-state index contributed by atoms with van der Waals surface area (Å²) in [4.78, 5) is 18.5. The Morgan fingerprint density at radius 1 is 1.09 bits per heavy atom. The Balaban J connectivity index is 1.11.